The topological polar surface area (TPSA) is 65.5 Å². The molecule has 3 rings (SSSR count). The molecule has 0 fully saturated rings. The molecule has 0 saturated carbocycles. The Morgan fingerprint density at radius 3 is 2.68 bits per heavy atom. The second-order valence-corrected chi connectivity index (χ2v) is 4.41. The summed E-state index contributed by atoms with van der Waals surface area (Å²) in [4.78, 5) is 13.2. The summed E-state index contributed by atoms with van der Waals surface area (Å²) in [6, 6.07) is 7.49. The van der Waals surface area contributed by atoms with Gasteiger partial charge in [0.15, 0.2) is 5.75 Å². The molecule has 2 aromatic rings. The van der Waals surface area contributed by atoms with E-state index in [2.05, 4.69) is 21.4 Å². The van der Waals surface area contributed by atoms with Gasteiger partial charge in [-0.1, -0.05) is 18.1 Å². The molecule has 1 aromatic heterocycles. The van der Waals surface area contributed by atoms with Crippen LogP contribution >= 0.6 is 0 Å². The van der Waals surface area contributed by atoms with Crippen molar-refractivity contribution >= 4 is 0 Å². The lowest BCUT2D eigenvalue weighted by molar-refractivity contribution is 0.0272. The molecule has 6 heteroatoms. The van der Waals surface area contributed by atoms with Crippen molar-refractivity contribution in [2.24, 2.45) is 0 Å². The Morgan fingerprint density at radius 1 is 1.18 bits per heavy atom. The van der Waals surface area contributed by atoms with Crippen molar-refractivity contribution in [1.82, 2.24) is 15.4 Å². The maximum Gasteiger partial charge on any atom is 0.216 e. The minimum atomic E-state index is -0.249. The fourth-order valence-electron chi connectivity index (χ4n) is 1.89. The maximum atomic E-state index is 5.56. The quantitative estimate of drug-likeness (QED) is 0.851. The molecule has 0 spiro atoms. The highest BCUT2D eigenvalue weighted by molar-refractivity contribution is 5.31. The van der Waals surface area contributed by atoms with E-state index in [0.29, 0.717) is 11.6 Å². The van der Waals surface area contributed by atoms with Crippen LogP contribution in [0.25, 0.3) is 0 Å². The number of terminal acetylenes is 1. The smallest absolute Gasteiger partial charge is 0.216 e. The zero-order chi connectivity index (χ0) is 15.2. The van der Waals surface area contributed by atoms with Crippen molar-refractivity contribution in [2.75, 3.05) is 6.61 Å². The van der Waals surface area contributed by atoms with E-state index in [9.17, 15) is 0 Å². The Kier molecular flexibility index (Phi) is 4.18. The van der Waals surface area contributed by atoms with Gasteiger partial charge in [0.05, 0.1) is 12.4 Å². The van der Waals surface area contributed by atoms with Gasteiger partial charge in [-0.25, -0.2) is 15.4 Å². The second kappa shape index (κ2) is 6.61. The van der Waals surface area contributed by atoms with Gasteiger partial charge in [-0.3, -0.25) is 4.84 Å². The van der Waals surface area contributed by atoms with Crippen LogP contribution in [0.15, 0.2) is 54.9 Å². The number of hydrogen-bond acceptors (Lipinski definition) is 6. The fraction of sp³-hybridized carbons (Fsp3) is 0.125. The highest BCUT2D eigenvalue weighted by atomic mass is 16.7. The van der Waals surface area contributed by atoms with Gasteiger partial charge < -0.3 is 9.47 Å². The third kappa shape index (κ3) is 3.34. The van der Waals surface area contributed by atoms with Crippen LogP contribution in [-0.4, -0.2) is 16.6 Å². The number of benzene rings is 1. The Labute approximate surface area is 127 Å². The minimum Gasteiger partial charge on any atom is -0.481 e. The van der Waals surface area contributed by atoms with Gasteiger partial charge in [-0.05, 0) is 17.7 Å². The first-order valence-corrected chi connectivity index (χ1v) is 6.58. The van der Waals surface area contributed by atoms with Gasteiger partial charge >= 0.3 is 0 Å². The molecule has 0 unspecified atom stereocenters. The lowest BCUT2D eigenvalue weighted by atomic mass is 10.1. The average Bonchev–Trinajstić information content (AvgIpc) is 3.03. The maximum absolute atomic E-state index is 5.56. The summed E-state index contributed by atoms with van der Waals surface area (Å²) in [5.41, 5.74) is 3.69. The van der Waals surface area contributed by atoms with Crippen LogP contribution in [0.2, 0.25) is 0 Å². The van der Waals surface area contributed by atoms with E-state index in [4.69, 9.17) is 20.7 Å². The van der Waals surface area contributed by atoms with Crippen molar-refractivity contribution in [1.29, 1.82) is 0 Å². The number of rotatable bonds is 5. The number of nitrogens with zero attached hydrogens (tertiary/aromatic N) is 2. The molecule has 22 heavy (non-hydrogen) atoms. The summed E-state index contributed by atoms with van der Waals surface area (Å²) in [5, 5.41) is 0. The first-order chi connectivity index (χ1) is 10.8. The first kappa shape index (κ1) is 13.9. The molecular formula is C16H13N3O3. The Hall–Kier alpha value is -3.04. The summed E-state index contributed by atoms with van der Waals surface area (Å²) in [7, 11) is 0. The number of hydrogen-bond donors (Lipinski definition) is 1. The molecular weight excluding hydrogens is 282 g/mol. The molecule has 6 nitrogen and oxygen atoms in total. The summed E-state index contributed by atoms with van der Waals surface area (Å²) in [6.45, 7) is 0.248. The van der Waals surface area contributed by atoms with Crippen LogP contribution < -0.4 is 15.0 Å². The Balaban J connectivity index is 1.65. The van der Waals surface area contributed by atoms with Gasteiger partial charge in [0.2, 0.25) is 5.88 Å². The molecule has 1 aliphatic heterocycles. The third-order valence-corrected chi connectivity index (χ3v) is 2.88. The van der Waals surface area contributed by atoms with E-state index in [0.717, 1.165) is 11.3 Å². The molecule has 0 bridgehead atoms. The molecule has 0 aliphatic carbocycles. The lowest BCUT2D eigenvalue weighted by Gasteiger charge is -2.08. The molecule has 0 amide bonds. The normalized spacial score (nSPS) is 16.3. The number of nitrogens with one attached hydrogen (secondary N) is 1. The monoisotopic (exact) mass is 295 g/mol. The highest BCUT2D eigenvalue weighted by Crippen LogP contribution is 2.26. The van der Waals surface area contributed by atoms with E-state index < -0.39 is 0 Å². The number of ether oxygens (including phenoxy) is 2. The summed E-state index contributed by atoms with van der Waals surface area (Å²) < 4.78 is 10.9. The summed E-state index contributed by atoms with van der Waals surface area (Å²) in [5.74, 6) is 4.16. The van der Waals surface area contributed by atoms with Gasteiger partial charge in [0.25, 0.3) is 0 Å². The van der Waals surface area contributed by atoms with E-state index >= 15 is 0 Å². The second-order valence-electron chi connectivity index (χ2n) is 4.41. The summed E-state index contributed by atoms with van der Waals surface area (Å²) >= 11 is 0. The van der Waals surface area contributed by atoms with Crippen molar-refractivity contribution < 1.29 is 14.3 Å². The molecule has 1 N–H and O–H groups in total. The van der Waals surface area contributed by atoms with Crippen molar-refractivity contribution in [3.8, 4) is 23.8 Å². The van der Waals surface area contributed by atoms with Gasteiger partial charge in [-0.2, -0.15) is 0 Å². The molecule has 0 radical (unpaired) electrons. The van der Waals surface area contributed by atoms with Crippen LogP contribution in [0, 0.1) is 12.3 Å². The molecule has 1 atom stereocenters. The SMILES string of the molecule is C#CCOc1ccc([C@H]2C=C(Oc3cncnc3)NO2)cc1. The zero-order valence-corrected chi connectivity index (χ0v) is 11.6. The van der Waals surface area contributed by atoms with Crippen molar-refractivity contribution in [3.63, 3.8) is 0 Å². The molecule has 0 saturated heterocycles. The Morgan fingerprint density at radius 2 is 1.95 bits per heavy atom. The largest absolute Gasteiger partial charge is 0.481 e. The van der Waals surface area contributed by atoms with Crippen LogP contribution in [0.1, 0.15) is 11.7 Å². The molecule has 2 heterocycles. The van der Waals surface area contributed by atoms with Gasteiger partial charge in [0, 0.05) is 6.08 Å². The first-order valence-electron chi connectivity index (χ1n) is 6.58. The summed E-state index contributed by atoms with van der Waals surface area (Å²) in [6.07, 6.45) is 11.3. The van der Waals surface area contributed by atoms with Crippen molar-refractivity contribution in [3.05, 3.63) is 60.5 Å². The average molecular weight is 295 g/mol. The van der Waals surface area contributed by atoms with E-state index in [1.165, 1.54) is 6.33 Å². The third-order valence-electron chi connectivity index (χ3n) is 2.88. The molecule has 1 aliphatic rings. The fourth-order valence-corrected chi connectivity index (χ4v) is 1.89. The number of aromatic nitrogens is 2. The van der Waals surface area contributed by atoms with Gasteiger partial charge in [-0.15, -0.1) is 6.42 Å². The van der Waals surface area contributed by atoms with E-state index in [1.807, 2.05) is 30.3 Å². The molecule has 110 valence electrons. The van der Waals surface area contributed by atoms with Crippen LogP contribution in [0.3, 0.4) is 0 Å². The van der Waals surface area contributed by atoms with Gasteiger partial charge in [0.1, 0.15) is 24.8 Å². The zero-order valence-electron chi connectivity index (χ0n) is 11.6. The minimum absolute atomic E-state index is 0.248. The molecule has 1 aromatic carbocycles. The standard InChI is InChI=1S/C16H13N3O3/c1-2-7-20-13-5-3-12(4-6-13)15-8-16(19-22-15)21-14-9-17-11-18-10-14/h1,3-6,8-11,15,19H,7H2/t15-/m1/s1. The van der Waals surface area contributed by atoms with E-state index in [1.54, 1.807) is 12.4 Å². The van der Waals surface area contributed by atoms with Crippen LogP contribution in [0.5, 0.6) is 11.5 Å². The van der Waals surface area contributed by atoms with Crippen LogP contribution in [-0.2, 0) is 4.84 Å². The lowest BCUT2D eigenvalue weighted by Crippen LogP contribution is -2.12. The predicted octanol–water partition coefficient (Wildman–Crippen LogP) is 1.98. The van der Waals surface area contributed by atoms with Crippen LogP contribution in [0.4, 0.5) is 0 Å². The predicted molar refractivity (Wildman–Crippen MR) is 78.5 cm³/mol. The number of hydroxylamine groups is 1. The van der Waals surface area contributed by atoms with E-state index in [-0.39, 0.29) is 12.7 Å². The van der Waals surface area contributed by atoms with Crippen molar-refractivity contribution in [2.45, 2.75) is 6.10 Å². The Bertz CT molecular complexity index is 693. The highest BCUT2D eigenvalue weighted by Gasteiger charge is 2.20.